The van der Waals surface area contributed by atoms with E-state index in [1.54, 1.807) is 6.08 Å². The molecule has 1 aliphatic heterocycles. The molecule has 0 bridgehead atoms. The molecule has 2 aromatic carbocycles. The second-order valence-corrected chi connectivity index (χ2v) is 8.83. The largest absolute Gasteiger partial charge is 0.480 e. The molecule has 0 saturated carbocycles. The molecule has 2 N–H and O–H groups in total. The van der Waals surface area contributed by atoms with Crippen molar-refractivity contribution in [3.63, 3.8) is 0 Å². The van der Waals surface area contributed by atoms with E-state index < -0.39 is 30.1 Å². The van der Waals surface area contributed by atoms with Crippen molar-refractivity contribution in [2.75, 3.05) is 20.3 Å². The molecule has 184 valence electrons. The first-order valence-electron chi connectivity index (χ1n) is 11.7. The van der Waals surface area contributed by atoms with Gasteiger partial charge in [-0.25, -0.2) is 9.59 Å². The van der Waals surface area contributed by atoms with E-state index in [0.717, 1.165) is 22.3 Å². The normalized spacial score (nSPS) is 19.5. The molecule has 4 rings (SSSR count). The minimum absolute atomic E-state index is 0.104. The van der Waals surface area contributed by atoms with Crippen molar-refractivity contribution in [2.24, 2.45) is 0 Å². The van der Waals surface area contributed by atoms with Gasteiger partial charge in [-0.15, -0.1) is 6.58 Å². The molecule has 0 spiro atoms. The van der Waals surface area contributed by atoms with Gasteiger partial charge in [-0.1, -0.05) is 54.6 Å². The van der Waals surface area contributed by atoms with Crippen LogP contribution >= 0.6 is 0 Å². The molecule has 3 unspecified atom stereocenters. The molecule has 3 atom stereocenters. The number of aliphatic carboxylic acids is 1. The summed E-state index contributed by atoms with van der Waals surface area (Å²) in [5.74, 6) is -1.67. The summed E-state index contributed by atoms with van der Waals surface area (Å²) in [5, 5.41) is 12.2. The van der Waals surface area contributed by atoms with Crippen LogP contribution in [0.4, 0.5) is 4.79 Å². The monoisotopic (exact) mass is 478 g/mol. The zero-order valence-corrected chi connectivity index (χ0v) is 19.7. The lowest BCUT2D eigenvalue weighted by Crippen LogP contribution is -2.52. The van der Waals surface area contributed by atoms with Gasteiger partial charge in [0.05, 0.1) is 6.10 Å². The third-order valence-electron chi connectivity index (χ3n) is 6.76. The van der Waals surface area contributed by atoms with Crippen molar-refractivity contribution in [3.05, 3.63) is 72.3 Å². The standard InChI is InChI=1S/C27H30N2O6/c1-3-4-13-23(25(30)29-15-17(34-2)14-24(29)26(31)32)28-27(33)35-16-22-20-11-7-5-9-18(20)19-10-6-8-12-21(19)22/h3,5-12,17,22-24H,1,4,13-16H2,2H3,(H,28,33)(H,31,32). The fourth-order valence-corrected chi connectivity index (χ4v) is 4.97. The van der Waals surface area contributed by atoms with Crippen molar-refractivity contribution < 1.29 is 29.0 Å². The van der Waals surface area contributed by atoms with Crippen LogP contribution in [0, 0.1) is 0 Å². The third kappa shape index (κ3) is 5.07. The van der Waals surface area contributed by atoms with E-state index in [1.807, 2.05) is 36.4 Å². The van der Waals surface area contributed by atoms with Crippen LogP contribution in [-0.2, 0) is 19.1 Å². The number of allylic oxidation sites excluding steroid dienone is 1. The highest BCUT2D eigenvalue weighted by atomic mass is 16.5. The van der Waals surface area contributed by atoms with Gasteiger partial charge < -0.3 is 24.8 Å². The highest BCUT2D eigenvalue weighted by Crippen LogP contribution is 2.44. The lowest BCUT2D eigenvalue weighted by atomic mass is 9.98. The minimum Gasteiger partial charge on any atom is -0.480 e. The Morgan fingerprint density at radius 1 is 1.14 bits per heavy atom. The van der Waals surface area contributed by atoms with Gasteiger partial charge in [0.15, 0.2) is 0 Å². The van der Waals surface area contributed by atoms with E-state index in [0.29, 0.717) is 6.42 Å². The summed E-state index contributed by atoms with van der Waals surface area (Å²) in [6, 6.07) is 14.1. The van der Waals surface area contributed by atoms with E-state index in [9.17, 15) is 19.5 Å². The summed E-state index contributed by atoms with van der Waals surface area (Å²) in [6.45, 7) is 3.96. The summed E-state index contributed by atoms with van der Waals surface area (Å²) in [6.07, 6.45) is 1.53. The first-order valence-corrected chi connectivity index (χ1v) is 11.7. The molecule has 1 heterocycles. The predicted molar refractivity (Wildman–Crippen MR) is 130 cm³/mol. The first-order chi connectivity index (χ1) is 16.9. The molecular weight excluding hydrogens is 448 g/mol. The van der Waals surface area contributed by atoms with Crippen LogP contribution in [-0.4, -0.2) is 66.4 Å². The number of carbonyl (C=O) groups is 3. The number of ether oxygens (including phenoxy) is 2. The van der Waals surface area contributed by atoms with E-state index in [1.165, 1.54) is 12.0 Å². The number of hydrogen-bond acceptors (Lipinski definition) is 5. The molecule has 0 aromatic heterocycles. The van der Waals surface area contributed by atoms with Gasteiger partial charge in [-0.3, -0.25) is 4.79 Å². The number of benzene rings is 2. The smallest absolute Gasteiger partial charge is 0.407 e. The van der Waals surface area contributed by atoms with Crippen LogP contribution in [0.15, 0.2) is 61.2 Å². The van der Waals surface area contributed by atoms with Gasteiger partial charge in [0, 0.05) is 26.0 Å². The fraction of sp³-hybridized carbons (Fsp3) is 0.370. The second-order valence-electron chi connectivity index (χ2n) is 8.83. The Kier molecular flexibility index (Phi) is 7.51. The molecule has 1 aliphatic carbocycles. The molecule has 2 amide bonds. The summed E-state index contributed by atoms with van der Waals surface area (Å²) in [5.41, 5.74) is 4.43. The van der Waals surface area contributed by atoms with Crippen LogP contribution in [0.1, 0.15) is 36.3 Å². The third-order valence-corrected chi connectivity index (χ3v) is 6.76. The van der Waals surface area contributed by atoms with Crippen molar-refractivity contribution in [2.45, 2.75) is 43.4 Å². The van der Waals surface area contributed by atoms with Gasteiger partial charge in [-0.2, -0.15) is 0 Å². The molecule has 35 heavy (non-hydrogen) atoms. The van der Waals surface area contributed by atoms with Crippen molar-refractivity contribution in [1.82, 2.24) is 10.2 Å². The highest BCUT2D eigenvalue weighted by molar-refractivity contribution is 5.90. The van der Waals surface area contributed by atoms with Crippen LogP contribution < -0.4 is 5.32 Å². The van der Waals surface area contributed by atoms with E-state index in [2.05, 4.69) is 24.0 Å². The van der Waals surface area contributed by atoms with Crippen molar-refractivity contribution >= 4 is 18.0 Å². The van der Waals surface area contributed by atoms with Crippen molar-refractivity contribution in [1.29, 1.82) is 0 Å². The zero-order valence-electron chi connectivity index (χ0n) is 19.7. The lowest BCUT2D eigenvalue weighted by Gasteiger charge is -2.27. The molecule has 2 aromatic rings. The number of hydrogen-bond donors (Lipinski definition) is 2. The van der Waals surface area contributed by atoms with Gasteiger partial charge >= 0.3 is 12.1 Å². The average molecular weight is 479 g/mol. The Morgan fingerprint density at radius 3 is 2.34 bits per heavy atom. The molecule has 2 aliphatic rings. The number of carboxylic acid groups (broad SMARTS) is 1. The molecule has 8 heteroatoms. The maximum absolute atomic E-state index is 13.3. The Balaban J connectivity index is 1.44. The van der Waals surface area contributed by atoms with Crippen LogP contribution in [0.25, 0.3) is 11.1 Å². The molecule has 1 saturated heterocycles. The number of nitrogens with one attached hydrogen (secondary N) is 1. The molecular formula is C27H30N2O6. The topological polar surface area (TPSA) is 105 Å². The number of rotatable bonds is 9. The highest BCUT2D eigenvalue weighted by Gasteiger charge is 2.42. The Bertz CT molecular complexity index is 1070. The SMILES string of the molecule is C=CCCC(NC(=O)OCC1c2ccccc2-c2ccccc21)C(=O)N1CC(OC)CC1C(=O)O. The van der Waals surface area contributed by atoms with Crippen LogP contribution in [0.3, 0.4) is 0 Å². The quantitative estimate of drug-likeness (QED) is 0.534. The van der Waals surface area contributed by atoms with Gasteiger partial charge in [0.2, 0.25) is 5.91 Å². The summed E-state index contributed by atoms with van der Waals surface area (Å²) < 4.78 is 10.9. The first kappa shape index (κ1) is 24.5. The number of carboxylic acids is 1. The van der Waals surface area contributed by atoms with E-state index >= 15 is 0 Å². The lowest BCUT2D eigenvalue weighted by molar-refractivity contribution is -0.149. The van der Waals surface area contributed by atoms with Crippen LogP contribution in [0.2, 0.25) is 0 Å². The molecule has 0 radical (unpaired) electrons. The van der Waals surface area contributed by atoms with E-state index in [-0.39, 0.29) is 38.0 Å². The maximum Gasteiger partial charge on any atom is 0.407 e. The van der Waals surface area contributed by atoms with Crippen LogP contribution in [0.5, 0.6) is 0 Å². The molecule has 8 nitrogen and oxygen atoms in total. The maximum atomic E-state index is 13.3. The van der Waals surface area contributed by atoms with Crippen molar-refractivity contribution in [3.8, 4) is 11.1 Å². The number of fused-ring (bicyclic) bond motifs is 3. The number of likely N-dealkylation sites (tertiary alicyclic amines) is 1. The second kappa shape index (κ2) is 10.7. The number of methoxy groups -OCH3 is 1. The molecule has 1 fully saturated rings. The Morgan fingerprint density at radius 2 is 1.77 bits per heavy atom. The minimum atomic E-state index is -1.10. The number of carbonyl (C=O) groups excluding carboxylic acids is 2. The van der Waals surface area contributed by atoms with Gasteiger partial charge in [0.1, 0.15) is 18.7 Å². The average Bonchev–Trinajstić information content (AvgIpc) is 3.45. The number of alkyl carbamates (subject to hydrolysis) is 1. The number of amides is 2. The summed E-state index contributed by atoms with van der Waals surface area (Å²) >= 11 is 0. The Labute approximate surface area is 204 Å². The summed E-state index contributed by atoms with van der Waals surface area (Å²) in [7, 11) is 1.49. The fourth-order valence-electron chi connectivity index (χ4n) is 4.97. The predicted octanol–water partition coefficient (Wildman–Crippen LogP) is 3.56. The Hall–Kier alpha value is -3.65. The van der Waals surface area contributed by atoms with Gasteiger partial charge in [-0.05, 0) is 35.1 Å². The zero-order chi connectivity index (χ0) is 24.9. The summed E-state index contributed by atoms with van der Waals surface area (Å²) in [4.78, 5) is 39.0. The van der Waals surface area contributed by atoms with Gasteiger partial charge in [0.25, 0.3) is 0 Å². The van der Waals surface area contributed by atoms with E-state index in [4.69, 9.17) is 9.47 Å². The number of nitrogens with zero attached hydrogens (tertiary/aromatic N) is 1.